The monoisotopic (exact) mass is 549 g/mol. The third-order valence-electron chi connectivity index (χ3n) is 7.21. The molecule has 2 aliphatic rings. The third kappa shape index (κ3) is 6.06. The molecule has 9 nitrogen and oxygen atoms in total. The smallest absolute Gasteiger partial charge is 0.254 e. The van der Waals surface area contributed by atoms with E-state index in [2.05, 4.69) is 20.6 Å². The summed E-state index contributed by atoms with van der Waals surface area (Å²) in [5.41, 5.74) is 5.52. The third-order valence-corrected chi connectivity index (χ3v) is 7.49. The Labute approximate surface area is 232 Å². The molecule has 1 aromatic heterocycles. The number of anilines is 1. The Balaban J connectivity index is 1.28. The molecule has 1 saturated heterocycles. The molecule has 0 aliphatic carbocycles. The SMILES string of the molecule is Cc1ccc(C(CO)NC(=O)CN2Cc3ccc(-c4nc(NC5CCOCC5)ncc4Cl)cc3C2=O)c(C)c1. The zero-order valence-electron chi connectivity index (χ0n) is 22.0. The molecular weight excluding hydrogens is 518 g/mol. The Bertz CT molecular complexity index is 1390. The van der Waals surface area contributed by atoms with Gasteiger partial charge in [-0.3, -0.25) is 9.59 Å². The minimum atomic E-state index is -0.548. The number of aliphatic hydroxyl groups excluding tert-OH is 1. The Morgan fingerprint density at radius 3 is 2.74 bits per heavy atom. The van der Waals surface area contributed by atoms with E-state index in [1.807, 2.05) is 44.2 Å². The number of nitrogens with one attached hydrogen (secondary N) is 2. The van der Waals surface area contributed by atoms with Crippen LogP contribution in [0.3, 0.4) is 0 Å². The van der Waals surface area contributed by atoms with E-state index in [0.29, 0.717) is 47.6 Å². The van der Waals surface area contributed by atoms with Crippen molar-refractivity contribution in [3.05, 3.63) is 75.4 Å². The maximum atomic E-state index is 13.3. The van der Waals surface area contributed by atoms with Crippen LogP contribution >= 0.6 is 11.6 Å². The molecule has 5 rings (SSSR count). The molecule has 0 saturated carbocycles. The first kappa shape index (κ1) is 27.1. The van der Waals surface area contributed by atoms with E-state index < -0.39 is 6.04 Å². The van der Waals surface area contributed by atoms with Gasteiger partial charge in [0.2, 0.25) is 11.9 Å². The van der Waals surface area contributed by atoms with Gasteiger partial charge in [0.25, 0.3) is 5.91 Å². The summed E-state index contributed by atoms with van der Waals surface area (Å²) in [6, 6.07) is 11.1. The van der Waals surface area contributed by atoms with Crippen LogP contribution in [0.1, 0.15) is 51.5 Å². The van der Waals surface area contributed by atoms with Gasteiger partial charge in [-0.2, -0.15) is 0 Å². The van der Waals surface area contributed by atoms with E-state index in [1.165, 1.54) is 4.90 Å². The highest BCUT2D eigenvalue weighted by Gasteiger charge is 2.30. The number of rotatable bonds is 8. The van der Waals surface area contributed by atoms with Gasteiger partial charge in [-0.05, 0) is 49.4 Å². The highest BCUT2D eigenvalue weighted by atomic mass is 35.5. The highest BCUT2D eigenvalue weighted by Crippen LogP contribution is 2.32. The van der Waals surface area contributed by atoms with Gasteiger partial charge in [-0.1, -0.05) is 47.5 Å². The highest BCUT2D eigenvalue weighted by molar-refractivity contribution is 6.33. The number of fused-ring (bicyclic) bond motifs is 1. The van der Waals surface area contributed by atoms with Crippen LogP contribution < -0.4 is 10.6 Å². The lowest BCUT2D eigenvalue weighted by Crippen LogP contribution is -2.40. The van der Waals surface area contributed by atoms with Crippen LogP contribution in [0.25, 0.3) is 11.3 Å². The molecule has 0 radical (unpaired) electrons. The van der Waals surface area contributed by atoms with E-state index in [-0.39, 0.29) is 31.0 Å². The fourth-order valence-corrected chi connectivity index (χ4v) is 5.35. The molecule has 0 bridgehead atoms. The molecular formula is C29H32ClN5O4. The summed E-state index contributed by atoms with van der Waals surface area (Å²) in [7, 11) is 0. The normalized spacial score (nSPS) is 16.2. The van der Waals surface area contributed by atoms with Crippen LogP contribution in [0.15, 0.2) is 42.6 Å². The summed E-state index contributed by atoms with van der Waals surface area (Å²) >= 11 is 6.45. The van der Waals surface area contributed by atoms with Gasteiger partial charge in [-0.25, -0.2) is 9.97 Å². The number of carbonyl (C=O) groups excluding carboxylic acids is 2. The summed E-state index contributed by atoms with van der Waals surface area (Å²) in [5.74, 6) is -0.0912. The van der Waals surface area contributed by atoms with Crippen molar-refractivity contribution >= 4 is 29.4 Å². The molecule has 3 aromatic rings. The molecule has 39 heavy (non-hydrogen) atoms. The number of aryl methyl sites for hydroxylation is 2. The first-order valence-electron chi connectivity index (χ1n) is 13.1. The Kier molecular flexibility index (Phi) is 8.11. The van der Waals surface area contributed by atoms with E-state index in [0.717, 1.165) is 35.1 Å². The van der Waals surface area contributed by atoms with E-state index in [4.69, 9.17) is 16.3 Å². The van der Waals surface area contributed by atoms with Crippen LogP contribution in [0.5, 0.6) is 0 Å². The average Bonchev–Trinajstić information content (AvgIpc) is 3.23. The van der Waals surface area contributed by atoms with Crippen molar-refractivity contribution in [3.8, 4) is 11.3 Å². The molecule has 2 aliphatic heterocycles. The molecule has 204 valence electrons. The van der Waals surface area contributed by atoms with Gasteiger partial charge in [0.1, 0.15) is 6.54 Å². The fraction of sp³-hybridized carbons (Fsp3) is 0.379. The van der Waals surface area contributed by atoms with Crippen molar-refractivity contribution < 1.29 is 19.4 Å². The van der Waals surface area contributed by atoms with Gasteiger partial charge < -0.3 is 25.4 Å². The maximum Gasteiger partial charge on any atom is 0.254 e. The fourth-order valence-electron chi connectivity index (χ4n) is 5.15. The first-order chi connectivity index (χ1) is 18.8. The number of aliphatic hydroxyl groups is 1. The van der Waals surface area contributed by atoms with Gasteiger partial charge >= 0.3 is 0 Å². The molecule has 10 heteroatoms. The van der Waals surface area contributed by atoms with Gasteiger partial charge in [0.15, 0.2) is 0 Å². The summed E-state index contributed by atoms with van der Waals surface area (Å²) in [5, 5.41) is 16.5. The lowest BCUT2D eigenvalue weighted by Gasteiger charge is -2.23. The first-order valence-corrected chi connectivity index (χ1v) is 13.5. The standard InChI is InChI=1S/C29H32ClN5O4/c1-17-3-6-22(18(2)11-17)25(16-36)33-26(37)15-35-14-20-5-4-19(12-23(20)28(35)38)27-24(30)13-31-29(34-27)32-21-7-9-39-10-8-21/h3-6,11-13,21,25,36H,7-10,14-16H2,1-2H3,(H,33,37)(H,31,32,34). The lowest BCUT2D eigenvalue weighted by molar-refractivity contribution is -0.122. The predicted molar refractivity (Wildman–Crippen MR) is 149 cm³/mol. The van der Waals surface area contributed by atoms with E-state index >= 15 is 0 Å². The largest absolute Gasteiger partial charge is 0.394 e. The number of benzene rings is 2. The molecule has 0 spiro atoms. The summed E-state index contributed by atoms with van der Waals surface area (Å²) < 4.78 is 5.41. The number of nitrogens with zero attached hydrogens (tertiary/aromatic N) is 3. The summed E-state index contributed by atoms with van der Waals surface area (Å²) in [4.78, 5) is 36.6. The molecule has 1 fully saturated rings. The minimum absolute atomic E-state index is 0.113. The second-order valence-electron chi connectivity index (χ2n) is 10.1. The second-order valence-corrected chi connectivity index (χ2v) is 10.5. The number of carbonyl (C=O) groups is 2. The quantitative estimate of drug-likeness (QED) is 0.391. The summed E-state index contributed by atoms with van der Waals surface area (Å²) in [6.07, 6.45) is 3.31. The number of hydrogen-bond donors (Lipinski definition) is 3. The van der Waals surface area contributed by atoms with E-state index in [1.54, 1.807) is 12.3 Å². The second kappa shape index (κ2) is 11.7. The molecule has 3 N–H and O–H groups in total. The van der Waals surface area contributed by atoms with Gasteiger partial charge in [-0.15, -0.1) is 0 Å². The Morgan fingerprint density at radius 2 is 2.00 bits per heavy atom. The summed E-state index contributed by atoms with van der Waals surface area (Å²) in [6.45, 7) is 5.31. The maximum absolute atomic E-state index is 13.3. The van der Waals surface area contributed by atoms with Crippen LogP contribution in [-0.2, 0) is 16.1 Å². The van der Waals surface area contributed by atoms with Gasteiger partial charge in [0, 0.05) is 36.9 Å². The average molecular weight is 550 g/mol. The van der Waals surface area contributed by atoms with Crippen LogP contribution in [0.4, 0.5) is 5.95 Å². The minimum Gasteiger partial charge on any atom is -0.394 e. The van der Waals surface area contributed by atoms with Crippen LogP contribution in [-0.4, -0.2) is 64.2 Å². The van der Waals surface area contributed by atoms with Crippen molar-refractivity contribution in [1.29, 1.82) is 0 Å². The Morgan fingerprint density at radius 1 is 1.21 bits per heavy atom. The molecule has 2 amide bonds. The zero-order chi connectivity index (χ0) is 27.5. The van der Waals surface area contributed by atoms with Crippen LogP contribution in [0.2, 0.25) is 5.02 Å². The number of amides is 2. The van der Waals surface area contributed by atoms with Crippen molar-refractivity contribution in [3.63, 3.8) is 0 Å². The zero-order valence-corrected chi connectivity index (χ0v) is 22.8. The number of ether oxygens (including phenoxy) is 1. The molecule has 1 atom stereocenters. The van der Waals surface area contributed by atoms with Crippen LogP contribution in [0, 0.1) is 13.8 Å². The van der Waals surface area contributed by atoms with Crippen molar-refractivity contribution in [2.75, 3.05) is 31.7 Å². The molecule has 2 aromatic carbocycles. The number of halogens is 1. The topological polar surface area (TPSA) is 117 Å². The lowest BCUT2D eigenvalue weighted by atomic mass is 9.99. The van der Waals surface area contributed by atoms with Gasteiger partial charge in [0.05, 0.1) is 29.6 Å². The number of hydrogen-bond acceptors (Lipinski definition) is 7. The predicted octanol–water partition coefficient (Wildman–Crippen LogP) is 3.81. The van der Waals surface area contributed by atoms with Crippen molar-refractivity contribution in [2.24, 2.45) is 0 Å². The van der Waals surface area contributed by atoms with Crippen molar-refractivity contribution in [1.82, 2.24) is 20.2 Å². The number of aromatic nitrogens is 2. The molecule has 3 heterocycles. The van der Waals surface area contributed by atoms with E-state index in [9.17, 15) is 14.7 Å². The Hall–Kier alpha value is -3.53. The van der Waals surface area contributed by atoms with Crippen molar-refractivity contribution in [2.45, 2.75) is 45.3 Å². The molecule has 1 unspecified atom stereocenters.